The lowest BCUT2D eigenvalue weighted by molar-refractivity contribution is 0.313. The highest BCUT2D eigenvalue weighted by atomic mass is 32.2. The minimum Gasteiger partial charge on any atom is -0.313 e. The maximum atomic E-state index is 11.7. The second-order valence-electron chi connectivity index (χ2n) is 4.74. The number of hydrogen-bond donors (Lipinski definition) is 2. The van der Waals surface area contributed by atoms with Crippen molar-refractivity contribution in [1.82, 2.24) is 14.9 Å². The van der Waals surface area contributed by atoms with Crippen LogP contribution in [0, 0.1) is 0 Å². The van der Waals surface area contributed by atoms with E-state index in [-0.39, 0.29) is 17.8 Å². The Hall–Kier alpha value is -0.170. The molecule has 2 atom stereocenters. The summed E-state index contributed by atoms with van der Waals surface area (Å²) in [5.41, 5.74) is 0. The number of hydrogen-bond acceptors (Lipinski definition) is 4. The molecule has 1 heterocycles. The first-order chi connectivity index (χ1) is 7.41. The van der Waals surface area contributed by atoms with Crippen LogP contribution in [0.15, 0.2) is 0 Å². The molecule has 0 aromatic heterocycles. The molecule has 2 unspecified atom stereocenters. The lowest BCUT2D eigenvalue weighted by Gasteiger charge is -2.20. The first-order valence-corrected chi connectivity index (χ1v) is 7.43. The average molecular weight is 249 g/mol. The Morgan fingerprint density at radius 1 is 1.50 bits per heavy atom. The third-order valence-electron chi connectivity index (χ3n) is 3.06. The maximum Gasteiger partial charge on any atom is 0.213 e. The fourth-order valence-corrected chi connectivity index (χ4v) is 3.08. The number of rotatable bonds is 6. The van der Waals surface area contributed by atoms with Gasteiger partial charge in [-0.25, -0.2) is 13.1 Å². The highest BCUT2D eigenvalue weighted by Crippen LogP contribution is 2.06. The lowest BCUT2D eigenvalue weighted by atomic mass is 10.3. The zero-order valence-electron chi connectivity index (χ0n) is 10.4. The maximum absolute atomic E-state index is 11.7. The van der Waals surface area contributed by atoms with Gasteiger partial charge in [0.2, 0.25) is 10.0 Å². The molecular formula is C10H23N3O2S. The van der Waals surface area contributed by atoms with Gasteiger partial charge in [-0.2, -0.15) is 0 Å². The van der Waals surface area contributed by atoms with Crippen molar-refractivity contribution in [3.8, 4) is 0 Å². The topological polar surface area (TPSA) is 61.4 Å². The van der Waals surface area contributed by atoms with E-state index in [0.717, 1.165) is 19.4 Å². The molecule has 0 aromatic carbocycles. The normalized spacial score (nSPS) is 23.9. The second kappa shape index (κ2) is 5.95. The first kappa shape index (κ1) is 13.9. The largest absolute Gasteiger partial charge is 0.313 e. The van der Waals surface area contributed by atoms with Gasteiger partial charge in [0, 0.05) is 18.6 Å². The summed E-state index contributed by atoms with van der Waals surface area (Å²) < 4.78 is 26.1. The molecule has 2 N–H and O–H groups in total. The van der Waals surface area contributed by atoms with E-state index in [9.17, 15) is 8.42 Å². The van der Waals surface area contributed by atoms with Crippen molar-refractivity contribution < 1.29 is 8.42 Å². The summed E-state index contributed by atoms with van der Waals surface area (Å²) in [6.45, 7) is 3.41. The third-order valence-corrected chi connectivity index (χ3v) is 4.51. The summed E-state index contributed by atoms with van der Waals surface area (Å²) >= 11 is 0. The van der Waals surface area contributed by atoms with Gasteiger partial charge in [0.1, 0.15) is 0 Å². The first-order valence-electron chi connectivity index (χ1n) is 5.78. The van der Waals surface area contributed by atoms with Crippen LogP contribution in [0.25, 0.3) is 0 Å². The molecule has 0 bridgehead atoms. The molecule has 1 saturated heterocycles. The Morgan fingerprint density at radius 2 is 2.19 bits per heavy atom. The molecule has 1 rings (SSSR count). The SMILES string of the molecule is CC(CNS(=O)(=O)CC1CCCN1)N(C)C. The second-order valence-corrected chi connectivity index (χ2v) is 6.59. The van der Waals surface area contributed by atoms with Crippen LogP contribution in [0.1, 0.15) is 19.8 Å². The van der Waals surface area contributed by atoms with Crippen molar-refractivity contribution in [2.24, 2.45) is 0 Å². The highest BCUT2D eigenvalue weighted by molar-refractivity contribution is 7.89. The minimum absolute atomic E-state index is 0.132. The van der Waals surface area contributed by atoms with E-state index in [2.05, 4.69) is 10.0 Å². The predicted molar refractivity (Wildman–Crippen MR) is 66.0 cm³/mol. The van der Waals surface area contributed by atoms with Crippen molar-refractivity contribution in [2.75, 3.05) is 32.9 Å². The van der Waals surface area contributed by atoms with Gasteiger partial charge in [0.05, 0.1) is 5.75 Å². The molecule has 0 amide bonds. The highest BCUT2D eigenvalue weighted by Gasteiger charge is 2.22. The minimum atomic E-state index is -3.13. The molecule has 1 fully saturated rings. The molecule has 0 spiro atoms. The van der Waals surface area contributed by atoms with E-state index in [1.54, 1.807) is 0 Å². The smallest absolute Gasteiger partial charge is 0.213 e. The summed E-state index contributed by atoms with van der Waals surface area (Å²) in [7, 11) is 0.751. The fourth-order valence-electron chi connectivity index (χ4n) is 1.65. The van der Waals surface area contributed by atoms with Crippen molar-refractivity contribution in [1.29, 1.82) is 0 Å². The molecule has 1 aliphatic rings. The summed E-state index contributed by atoms with van der Waals surface area (Å²) in [5.74, 6) is 0.202. The van der Waals surface area contributed by atoms with E-state index in [4.69, 9.17) is 0 Å². The zero-order chi connectivity index (χ0) is 12.2. The zero-order valence-corrected chi connectivity index (χ0v) is 11.2. The van der Waals surface area contributed by atoms with Crippen LogP contribution < -0.4 is 10.0 Å². The van der Waals surface area contributed by atoms with Crippen LogP contribution in [0.5, 0.6) is 0 Å². The van der Waals surface area contributed by atoms with E-state index in [0.29, 0.717) is 6.54 Å². The standard InChI is InChI=1S/C10H23N3O2S/c1-9(13(2)3)7-12-16(14,15)8-10-5-4-6-11-10/h9-12H,4-8H2,1-3H3. The van der Waals surface area contributed by atoms with Gasteiger partial charge in [-0.05, 0) is 40.4 Å². The monoisotopic (exact) mass is 249 g/mol. The molecule has 0 saturated carbocycles. The van der Waals surface area contributed by atoms with Crippen LogP contribution in [-0.4, -0.2) is 58.3 Å². The molecule has 0 radical (unpaired) electrons. The van der Waals surface area contributed by atoms with Crippen LogP contribution in [0.4, 0.5) is 0 Å². The Labute approximate surface area is 98.6 Å². The van der Waals surface area contributed by atoms with Gasteiger partial charge < -0.3 is 10.2 Å². The van der Waals surface area contributed by atoms with Gasteiger partial charge in [-0.3, -0.25) is 0 Å². The average Bonchev–Trinajstić information content (AvgIpc) is 2.65. The van der Waals surface area contributed by atoms with Crippen molar-refractivity contribution in [3.63, 3.8) is 0 Å². The number of nitrogens with one attached hydrogen (secondary N) is 2. The molecule has 5 nitrogen and oxygen atoms in total. The Balaban J connectivity index is 2.33. The number of nitrogens with zero attached hydrogens (tertiary/aromatic N) is 1. The predicted octanol–water partition coefficient (Wildman–Crippen LogP) is -0.392. The number of sulfonamides is 1. The molecule has 96 valence electrons. The molecule has 1 aliphatic heterocycles. The van der Waals surface area contributed by atoms with Gasteiger partial charge in [0.15, 0.2) is 0 Å². The summed E-state index contributed by atoms with van der Waals surface area (Å²) in [4.78, 5) is 2.00. The van der Waals surface area contributed by atoms with Gasteiger partial charge in [0.25, 0.3) is 0 Å². The van der Waals surface area contributed by atoms with Gasteiger partial charge in [-0.15, -0.1) is 0 Å². The Bertz CT molecular complexity index is 297. The van der Waals surface area contributed by atoms with E-state index >= 15 is 0 Å². The molecule has 16 heavy (non-hydrogen) atoms. The van der Waals surface area contributed by atoms with E-state index in [1.165, 1.54) is 0 Å². The van der Waals surface area contributed by atoms with Gasteiger partial charge in [-0.1, -0.05) is 0 Å². The van der Waals surface area contributed by atoms with E-state index < -0.39 is 10.0 Å². The van der Waals surface area contributed by atoms with Crippen LogP contribution in [0.3, 0.4) is 0 Å². The molecule has 0 aromatic rings. The van der Waals surface area contributed by atoms with Crippen molar-refractivity contribution >= 4 is 10.0 Å². The number of likely N-dealkylation sites (N-methyl/N-ethyl adjacent to an activating group) is 1. The summed E-state index contributed by atoms with van der Waals surface area (Å²) in [6, 6.07) is 0.346. The quantitative estimate of drug-likeness (QED) is 0.673. The Kier molecular flexibility index (Phi) is 5.17. The van der Waals surface area contributed by atoms with Crippen LogP contribution >= 0.6 is 0 Å². The lowest BCUT2D eigenvalue weighted by Crippen LogP contribution is -2.42. The van der Waals surface area contributed by atoms with Crippen LogP contribution in [0.2, 0.25) is 0 Å². The molecule has 6 heteroatoms. The molecular weight excluding hydrogens is 226 g/mol. The van der Waals surface area contributed by atoms with Crippen LogP contribution in [-0.2, 0) is 10.0 Å². The fraction of sp³-hybridized carbons (Fsp3) is 1.00. The van der Waals surface area contributed by atoms with E-state index in [1.807, 2.05) is 25.9 Å². The third kappa shape index (κ3) is 4.78. The Morgan fingerprint density at radius 3 is 2.69 bits per heavy atom. The van der Waals surface area contributed by atoms with Crippen molar-refractivity contribution in [2.45, 2.75) is 31.8 Å². The summed E-state index contributed by atoms with van der Waals surface area (Å²) in [5, 5.41) is 3.19. The summed E-state index contributed by atoms with van der Waals surface area (Å²) in [6.07, 6.45) is 2.04. The van der Waals surface area contributed by atoms with Gasteiger partial charge >= 0.3 is 0 Å². The van der Waals surface area contributed by atoms with Crippen molar-refractivity contribution in [3.05, 3.63) is 0 Å². The molecule has 0 aliphatic carbocycles.